The Hall–Kier alpha value is -2.69. The van der Waals surface area contributed by atoms with Crippen LogP contribution in [-0.2, 0) is 12.8 Å². The highest BCUT2D eigenvalue weighted by Gasteiger charge is 2.26. The minimum Gasteiger partial charge on any atom is -0.497 e. The van der Waals surface area contributed by atoms with Gasteiger partial charge in [0.25, 0.3) is 0 Å². The number of nitrogens with zero attached hydrogens (tertiary/aromatic N) is 3. The zero-order chi connectivity index (χ0) is 15.6. The second-order valence-corrected chi connectivity index (χ2v) is 5.69. The highest BCUT2D eigenvalue weighted by atomic mass is 16.5. The molecule has 0 amide bonds. The molecule has 0 saturated heterocycles. The van der Waals surface area contributed by atoms with Crippen molar-refractivity contribution in [3.63, 3.8) is 0 Å². The molecular weight excluding hydrogens is 290 g/mol. The zero-order valence-electron chi connectivity index (χ0n) is 12.9. The molecule has 1 aromatic carbocycles. The molecule has 0 N–H and O–H groups in total. The third kappa shape index (κ3) is 2.70. The summed E-state index contributed by atoms with van der Waals surface area (Å²) in [5.74, 6) is 2.87. The predicted octanol–water partition coefficient (Wildman–Crippen LogP) is 3.41. The fourth-order valence-corrected chi connectivity index (χ4v) is 3.01. The molecule has 0 spiro atoms. The Labute approximate surface area is 134 Å². The largest absolute Gasteiger partial charge is 0.497 e. The van der Waals surface area contributed by atoms with E-state index in [2.05, 4.69) is 9.97 Å². The summed E-state index contributed by atoms with van der Waals surface area (Å²) in [6, 6.07) is 7.77. The summed E-state index contributed by atoms with van der Waals surface area (Å²) in [6.45, 7) is 0. The number of hydrogen-bond donors (Lipinski definition) is 0. The molecule has 1 aliphatic rings. The van der Waals surface area contributed by atoms with Gasteiger partial charge in [0.15, 0.2) is 0 Å². The normalized spacial score (nSPS) is 16.8. The van der Waals surface area contributed by atoms with Crippen LogP contribution >= 0.6 is 0 Å². The Kier molecular flexibility index (Phi) is 3.54. The minimum absolute atomic E-state index is 0.366. The first-order valence-electron chi connectivity index (χ1n) is 7.72. The second kappa shape index (κ2) is 5.83. The van der Waals surface area contributed by atoms with Gasteiger partial charge in [-0.1, -0.05) is 0 Å². The van der Waals surface area contributed by atoms with Crippen molar-refractivity contribution in [2.75, 3.05) is 7.11 Å². The van der Waals surface area contributed by atoms with Gasteiger partial charge in [-0.3, -0.25) is 9.97 Å². The van der Waals surface area contributed by atoms with E-state index < -0.39 is 0 Å². The van der Waals surface area contributed by atoms with Crippen molar-refractivity contribution in [2.24, 2.45) is 0 Å². The molecule has 5 nitrogen and oxygen atoms in total. The van der Waals surface area contributed by atoms with Crippen molar-refractivity contribution in [1.29, 1.82) is 0 Å². The van der Waals surface area contributed by atoms with E-state index in [4.69, 9.17) is 14.1 Å². The zero-order valence-corrected chi connectivity index (χ0v) is 12.9. The summed E-state index contributed by atoms with van der Waals surface area (Å²) >= 11 is 0. The lowest BCUT2D eigenvalue weighted by Crippen LogP contribution is -2.13. The van der Waals surface area contributed by atoms with Crippen molar-refractivity contribution in [3.05, 3.63) is 60.0 Å². The number of benzene rings is 1. The third-order valence-corrected chi connectivity index (χ3v) is 4.28. The van der Waals surface area contributed by atoms with E-state index in [1.807, 2.05) is 30.5 Å². The first-order valence-corrected chi connectivity index (χ1v) is 7.72. The van der Waals surface area contributed by atoms with Crippen LogP contribution < -0.4 is 4.74 Å². The van der Waals surface area contributed by atoms with Crippen molar-refractivity contribution in [3.8, 4) is 17.2 Å². The molecule has 0 bridgehead atoms. The smallest absolute Gasteiger partial charge is 0.226 e. The lowest BCUT2D eigenvalue weighted by atomic mass is 9.88. The number of methoxy groups -OCH3 is 1. The van der Waals surface area contributed by atoms with Gasteiger partial charge >= 0.3 is 0 Å². The van der Waals surface area contributed by atoms with E-state index in [9.17, 15) is 0 Å². The summed E-state index contributed by atoms with van der Waals surface area (Å²) in [6.07, 6.45) is 8.06. The Balaban J connectivity index is 1.59. The molecule has 0 saturated carbocycles. The van der Waals surface area contributed by atoms with Gasteiger partial charge in [0, 0.05) is 42.9 Å². The molecular formula is C18H17N3O2. The standard InChI is InChI=1S/C18H17N3O2/c1-22-14-5-2-12(3-6-14)18-21-15-10-13(4-7-17(15)23-18)16-11-19-8-9-20-16/h2-3,5-6,8-9,11,13H,4,7,10H2,1H3. The van der Waals surface area contributed by atoms with Crippen LogP contribution in [0, 0.1) is 0 Å². The monoisotopic (exact) mass is 307 g/mol. The second-order valence-electron chi connectivity index (χ2n) is 5.69. The molecule has 5 heteroatoms. The minimum atomic E-state index is 0.366. The summed E-state index contributed by atoms with van der Waals surface area (Å²) in [7, 11) is 1.66. The van der Waals surface area contributed by atoms with E-state index in [1.54, 1.807) is 19.5 Å². The van der Waals surface area contributed by atoms with Crippen LogP contribution in [0.5, 0.6) is 5.75 Å². The van der Waals surface area contributed by atoms with Gasteiger partial charge in [-0.05, 0) is 30.7 Å². The molecule has 3 aromatic rings. The molecule has 2 heterocycles. The Morgan fingerprint density at radius 3 is 2.78 bits per heavy atom. The fourth-order valence-electron chi connectivity index (χ4n) is 3.01. The van der Waals surface area contributed by atoms with Gasteiger partial charge in [0.05, 0.1) is 18.5 Å². The van der Waals surface area contributed by atoms with E-state index >= 15 is 0 Å². The molecule has 0 fully saturated rings. The number of oxazole rings is 1. The van der Waals surface area contributed by atoms with Gasteiger partial charge in [-0.15, -0.1) is 0 Å². The van der Waals surface area contributed by atoms with Crippen LogP contribution in [0.15, 0.2) is 47.3 Å². The molecule has 1 unspecified atom stereocenters. The van der Waals surface area contributed by atoms with Crippen LogP contribution in [0.25, 0.3) is 11.5 Å². The van der Waals surface area contributed by atoms with Gasteiger partial charge in [-0.2, -0.15) is 0 Å². The van der Waals surface area contributed by atoms with Crippen molar-refractivity contribution < 1.29 is 9.15 Å². The first-order chi connectivity index (χ1) is 11.3. The van der Waals surface area contributed by atoms with E-state index in [0.29, 0.717) is 11.8 Å². The van der Waals surface area contributed by atoms with Crippen molar-refractivity contribution in [2.45, 2.75) is 25.2 Å². The van der Waals surface area contributed by atoms with Crippen LogP contribution in [0.4, 0.5) is 0 Å². The van der Waals surface area contributed by atoms with Crippen LogP contribution in [0.1, 0.15) is 29.5 Å². The third-order valence-electron chi connectivity index (χ3n) is 4.28. The predicted molar refractivity (Wildman–Crippen MR) is 85.3 cm³/mol. The van der Waals surface area contributed by atoms with Crippen LogP contribution in [0.3, 0.4) is 0 Å². The molecule has 2 aromatic heterocycles. The van der Waals surface area contributed by atoms with Gasteiger partial charge in [0.1, 0.15) is 11.5 Å². The van der Waals surface area contributed by atoms with Gasteiger partial charge in [-0.25, -0.2) is 4.98 Å². The molecule has 0 radical (unpaired) electrons. The Morgan fingerprint density at radius 2 is 2.04 bits per heavy atom. The first kappa shape index (κ1) is 13.9. The van der Waals surface area contributed by atoms with Crippen molar-refractivity contribution >= 4 is 0 Å². The number of ether oxygens (including phenoxy) is 1. The number of fused-ring (bicyclic) bond motifs is 1. The maximum absolute atomic E-state index is 5.96. The van der Waals surface area contributed by atoms with E-state index in [1.165, 1.54) is 0 Å². The molecule has 116 valence electrons. The summed E-state index contributed by atoms with van der Waals surface area (Å²) < 4.78 is 11.1. The van der Waals surface area contributed by atoms with E-state index in [-0.39, 0.29) is 0 Å². The Morgan fingerprint density at radius 1 is 1.17 bits per heavy atom. The summed E-state index contributed by atoms with van der Waals surface area (Å²) in [5.41, 5.74) is 3.04. The topological polar surface area (TPSA) is 61.0 Å². The average molecular weight is 307 g/mol. The SMILES string of the molecule is COc1ccc(-c2nc3c(o2)CCC(c2cnccn2)C3)cc1. The average Bonchev–Trinajstić information content (AvgIpc) is 3.06. The maximum atomic E-state index is 5.96. The van der Waals surface area contributed by atoms with Crippen LogP contribution in [0.2, 0.25) is 0 Å². The Bertz CT molecular complexity index is 797. The molecule has 23 heavy (non-hydrogen) atoms. The molecule has 0 aliphatic heterocycles. The maximum Gasteiger partial charge on any atom is 0.226 e. The van der Waals surface area contributed by atoms with Gasteiger partial charge < -0.3 is 9.15 Å². The molecule has 1 aliphatic carbocycles. The van der Waals surface area contributed by atoms with Crippen molar-refractivity contribution in [1.82, 2.24) is 15.0 Å². The highest BCUT2D eigenvalue weighted by Crippen LogP contribution is 2.34. The lowest BCUT2D eigenvalue weighted by molar-refractivity contribution is 0.414. The fraction of sp³-hybridized carbons (Fsp3) is 0.278. The number of hydrogen-bond acceptors (Lipinski definition) is 5. The summed E-state index contributed by atoms with van der Waals surface area (Å²) in [4.78, 5) is 13.3. The summed E-state index contributed by atoms with van der Waals surface area (Å²) in [5, 5.41) is 0. The lowest BCUT2D eigenvalue weighted by Gasteiger charge is -2.18. The quantitative estimate of drug-likeness (QED) is 0.742. The molecule has 4 rings (SSSR count). The van der Waals surface area contributed by atoms with E-state index in [0.717, 1.165) is 47.7 Å². The van der Waals surface area contributed by atoms with Gasteiger partial charge in [0.2, 0.25) is 5.89 Å². The highest BCUT2D eigenvalue weighted by molar-refractivity contribution is 5.55. The number of aromatic nitrogens is 3. The molecule has 1 atom stereocenters. The number of aryl methyl sites for hydroxylation is 1. The van der Waals surface area contributed by atoms with Crippen LogP contribution in [-0.4, -0.2) is 22.1 Å². The number of rotatable bonds is 3.